The van der Waals surface area contributed by atoms with Gasteiger partial charge in [0.05, 0.1) is 22.9 Å². The van der Waals surface area contributed by atoms with Crippen molar-refractivity contribution >= 4 is 33.8 Å². The van der Waals surface area contributed by atoms with E-state index in [0.29, 0.717) is 0 Å². The number of hydrogen-bond acceptors (Lipinski definition) is 3. The molecule has 0 amide bonds. The summed E-state index contributed by atoms with van der Waals surface area (Å²) in [5.74, 6) is 0.754. The standard InChI is InChI=1S/C46H40N4/c1-3-17-36-31(2)47-46(48-44(36)32-18-7-4-8-19-32)33-28-29-42-39(30-33)43-37-24-13-15-26-40(37)49(34-20-9-5-10-21-34)41-27-16-14-25-38(41)45(43)50(42)35-22-11-6-12-23-35/h3-12,15,17-23,25-26,28-30,41H,13-14,16,24,27H2,1-2H3/b17-3-. The van der Waals surface area contributed by atoms with Gasteiger partial charge in [0.15, 0.2) is 5.82 Å². The Bertz CT molecular complexity index is 2360. The number of benzene rings is 4. The van der Waals surface area contributed by atoms with E-state index in [1.807, 2.05) is 6.92 Å². The number of hydrogen-bond donors (Lipinski definition) is 0. The molecule has 0 fully saturated rings. The summed E-state index contributed by atoms with van der Waals surface area (Å²) in [5.41, 5.74) is 15.6. The zero-order chi connectivity index (χ0) is 33.6. The highest BCUT2D eigenvalue weighted by atomic mass is 15.2. The van der Waals surface area contributed by atoms with Crippen LogP contribution in [0.15, 0.2) is 139 Å². The van der Waals surface area contributed by atoms with Crippen LogP contribution in [-0.4, -0.2) is 20.6 Å². The van der Waals surface area contributed by atoms with Crippen molar-refractivity contribution in [1.29, 1.82) is 0 Å². The van der Waals surface area contributed by atoms with Crippen LogP contribution in [0.1, 0.15) is 61.5 Å². The maximum absolute atomic E-state index is 5.28. The molecule has 9 rings (SSSR count). The van der Waals surface area contributed by atoms with Gasteiger partial charge in [-0.05, 0) is 106 Å². The molecule has 50 heavy (non-hydrogen) atoms. The summed E-state index contributed by atoms with van der Waals surface area (Å²) < 4.78 is 2.53. The molecule has 4 nitrogen and oxygen atoms in total. The Morgan fingerprint density at radius 1 is 0.780 bits per heavy atom. The summed E-state index contributed by atoms with van der Waals surface area (Å²) in [6.07, 6.45) is 16.9. The molecule has 0 N–H and O–H groups in total. The van der Waals surface area contributed by atoms with Gasteiger partial charge >= 0.3 is 0 Å². The average molecular weight is 649 g/mol. The van der Waals surface area contributed by atoms with Gasteiger partial charge in [-0.2, -0.15) is 0 Å². The van der Waals surface area contributed by atoms with Crippen molar-refractivity contribution < 1.29 is 0 Å². The van der Waals surface area contributed by atoms with E-state index in [9.17, 15) is 0 Å². The molecule has 1 aliphatic heterocycles. The van der Waals surface area contributed by atoms with Crippen LogP contribution in [0, 0.1) is 6.92 Å². The zero-order valence-corrected chi connectivity index (χ0v) is 28.7. The Morgan fingerprint density at radius 3 is 2.28 bits per heavy atom. The first-order valence-corrected chi connectivity index (χ1v) is 18.0. The van der Waals surface area contributed by atoms with Gasteiger partial charge in [-0.25, -0.2) is 9.97 Å². The number of anilines is 1. The van der Waals surface area contributed by atoms with Crippen LogP contribution in [0.4, 0.5) is 5.69 Å². The highest BCUT2D eigenvalue weighted by Crippen LogP contribution is 2.50. The van der Waals surface area contributed by atoms with Gasteiger partial charge in [-0.1, -0.05) is 91.0 Å². The Morgan fingerprint density at radius 2 is 1.52 bits per heavy atom. The van der Waals surface area contributed by atoms with Crippen LogP contribution in [0.3, 0.4) is 0 Å². The third-order valence-corrected chi connectivity index (χ3v) is 10.5. The number of aromatic nitrogens is 3. The number of nitrogens with zero attached hydrogens (tertiary/aromatic N) is 4. The fraction of sp³-hybridized carbons (Fsp3) is 0.174. The first-order chi connectivity index (χ1) is 24.7. The lowest BCUT2D eigenvalue weighted by Crippen LogP contribution is -2.36. The van der Waals surface area contributed by atoms with Crippen LogP contribution < -0.4 is 4.90 Å². The number of para-hydroxylation sites is 2. The maximum atomic E-state index is 5.28. The first-order valence-electron chi connectivity index (χ1n) is 18.0. The molecule has 3 aliphatic rings. The van der Waals surface area contributed by atoms with Crippen LogP contribution in [0.2, 0.25) is 0 Å². The largest absolute Gasteiger partial charge is 0.334 e. The van der Waals surface area contributed by atoms with E-state index in [1.165, 1.54) is 56.8 Å². The van der Waals surface area contributed by atoms with Crippen LogP contribution >= 0.6 is 0 Å². The second-order valence-corrected chi connectivity index (χ2v) is 13.5. The smallest absolute Gasteiger partial charge is 0.160 e. The summed E-state index contributed by atoms with van der Waals surface area (Å²) in [6.45, 7) is 4.15. The summed E-state index contributed by atoms with van der Waals surface area (Å²) >= 11 is 0. The van der Waals surface area contributed by atoms with Crippen molar-refractivity contribution in [1.82, 2.24) is 14.5 Å². The number of rotatable bonds is 5. The fourth-order valence-corrected chi connectivity index (χ4v) is 8.34. The molecule has 4 aromatic carbocycles. The molecule has 4 heteroatoms. The van der Waals surface area contributed by atoms with E-state index < -0.39 is 0 Å². The lowest BCUT2D eigenvalue weighted by atomic mass is 9.88. The molecule has 1 atom stereocenters. The van der Waals surface area contributed by atoms with Crippen molar-refractivity contribution in [3.63, 3.8) is 0 Å². The molecule has 3 heterocycles. The van der Waals surface area contributed by atoms with Crippen LogP contribution in [0.5, 0.6) is 0 Å². The maximum Gasteiger partial charge on any atom is 0.160 e. The van der Waals surface area contributed by atoms with Gasteiger partial charge in [0.25, 0.3) is 0 Å². The molecule has 0 spiro atoms. The fourth-order valence-electron chi connectivity index (χ4n) is 8.34. The van der Waals surface area contributed by atoms with E-state index in [4.69, 9.17) is 9.97 Å². The number of fused-ring (bicyclic) bond motifs is 6. The highest BCUT2D eigenvalue weighted by Gasteiger charge is 2.38. The van der Waals surface area contributed by atoms with E-state index in [2.05, 4.69) is 156 Å². The SMILES string of the molecule is C/C=C\c1c(C)nc(-c2ccc3c(c2)c2c(n3-c3ccccc3)C3=CCCCC3N(c3ccccc3)C3=C2CCC=C3)nc1-c1ccccc1. The Hall–Kier alpha value is -5.74. The lowest BCUT2D eigenvalue weighted by molar-refractivity contribution is 0.634. The summed E-state index contributed by atoms with van der Waals surface area (Å²) in [6, 6.07) is 39.6. The second-order valence-electron chi connectivity index (χ2n) is 13.5. The molecule has 2 aliphatic carbocycles. The van der Waals surface area contributed by atoms with E-state index in [1.54, 1.807) is 0 Å². The summed E-state index contributed by atoms with van der Waals surface area (Å²) in [4.78, 5) is 13.1. The van der Waals surface area contributed by atoms with Crippen molar-refractivity contribution in [3.05, 3.63) is 162 Å². The van der Waals surface area contributed by atoms with Gasteiger partial charge in [-0.3, -0.25) is 0 Å². The van der Waals surface area contributed by atoms with E-state index in [-0.39, 0.29) is 6.04 Å². The van der Waals surface area contributed by atoms with Gasteiger partial charge in [-0.15, -0.1) is 0 Å². The molecular formula is C46H40N4. The molecule has 0 saturated heterocycles. The normalized spacial score (nSPS) is 17.0. The Labute approximate surface area is 294 Å². The molecular weight excluding hydrogens is 609 g/mol. The van der Waals surface area contributed by atoms with E-state index >= 15 is 0 Å². The van der Waals surface area contributed by atoms with Crippen molar-refractivity contribution in [2.75, 3.05) is 4.90 Å². The lowest BCUT2D eigenvalue weighted by Gasteiger charge is -2.38. The van der Waals surface area contributed by atoms with Gasteiger partial charge in [0, 0.05) is 50.4 Å². The molecule has 1 unspecified atom stereocenters. The van der Waals surface area contributed by atoms with Crippen molar-refractivity contribution in [2.45, 2.75) is 52.0 Å². The predicted octanol–water partition coefficient (Wildman–Crippen LogP) is 11.6. The minimum Gasteiger partial charge on any atom is -0.334 e. The third-order valence-electron chi connectivity index (χ3n) is 10.5. The third kappa shape index (κ3) is 4.97. The molecule has 0 bridgehead atoms. The van der Waals surface area contributed by atoms with Gasteiger partial charge < -0.3 is 9.47 Å². The molecule has 2 aromatic heterocycles. The second kappa shape index (κ2) is 12.6. The topological polar surface area (TPSA) is 34.0 Å². The molecule has 244 valence electrons. The Balaban J connectivity index is 1.35. The van der Waals surface area contributed by atoms with Gasteiger partial charge in [0.1, 0.15) is 0 Å². The summed E-state index contributed by atoms with van der Waals surface area (Å²) in [7, 11) is 0. The molecule has 6 aromatic rings. The van der Waals surface area contributed by atoms with Crippen LogP contribution in [-0.2, 0) is 0 Å². The number of aryl methyl sites for hydroxylation is 1. The first kappa shape index (κ1) is 30.3. The predicted molar refractivity (Wildman–Crippen MR) is 209 cm³/mol. The monoisotopic (exact) mass is 648 g/mol. The van der Waals surface area contributed by atoms with Crippen molar-refractivity contribution in [3.8, 4) is 28.3 Å². The molecule has 0 radical (unpaired) electrons. The van der Waals surface area contributed by atoms with Gasteiger partial charge in [0.2, 0.25) is 0 Å². The van der Waals surface area contributed by atoms with Crippen molar-refractivity contribution in [2.24, 2.45) is 0 Å². The minimum absolute atomic E-state index is 0.241. The number of allylic oxidation sites excluding steroid dienone is 5. The van der Waals surface area contributed by atoms with Crippen LogP contribution in [0.25, 0.3) is 56.5 Å². The Kier molecular flexibility index (Phi) is 7.65. The highest BCUT2D eigenvalue weighted by molar-refractivity contribution is 6.05. The van der Waals surface area contributed by atoms with E-state index in [0.717, 1.165) is 59.6 Å². The minimum atomic E-state index is 0.241. The average Bonchev–Trinajstić information content (AvgIpc) is 3.45. The summed E-state index contributed by atoms with van der Waals surface area (Å²) in [5, 5.41) is 1.25. The quantitative estimate of drug-likeness (QED) is 0.187. The zero-order valence-electron chi connectivity index (χ0n) is 28.7. The molecule has 0 saturated carbocycles.